The van der Waals surface area contributed by atoms with E-state index < -0.39 is 0 Å². The van der Waals surface area contributed by atoms with Crippen LogP contribution in [0.1, 0.15) is 12.7 Å². The van der Waals surface area contributed by atoms with Gasteiger partial charge in [0.05, 0.1) is 11.2 Å². The summed E-state index contributed by atoms with van der Waals surface area (Å²) in [6.45, 7) is 2.10. The van der Waals surface area contributed by atoms with Crippen LogP contribution in [-0.4, -0.2) is 9.97 Å². The van der Waals surface area contributed by atoms with Crippen molar-refractivity contribution in [1.82, 2.24) is 9.97 Å². The second kappa shape index (κ2) is 7.92. The SMILES string of the molecule is CCc1nc(-c2ccc(-c3ccccc3)cc2)c2c(-c3ccccc3)cccc2n1. The third-order valence-corrected chi connectivity index (χ3v) is 5.44. The maximum absolute atomic E-state index is 4.97. The van der Waals surface area contributed by atoms with Gasteiger partial charge in [-0.05, 0) is 28.3 Å². The molecule has 0 N–H and O–H groups in total. The first kappa shape index (κ1) is 18.3. The van der Waals surface area contributed by atoms with E-state index in [1.807, 2.05) is 12.1 Å². The van der Waals surface area contributed by atoms with Gasteiger partial charge in [0.2, 0.25) is 0 Å². The second-order valence-corrected chi connectivity index (χ2v) is 7.35. The molecular formula is C28H22N2. The van der Waals surface area contributed by atoms with Gasteiger partial charge in [0, 0.05) is 17.4 Å². The highest BCUT2D eigenvalue weighted by molar-refractivity contribution is 6.03. The van der Waals surface area contributed by atoms with Crippen molar-refractivity contribution < 1.29 is 0 Å². The highest BCUT2D eigenvalue weighted by Crippen LogP contribution is 2.35. The highest BCUT2D eigenvalue weighted by atomic mass is 14.9. The van der Waals surface area contributed by atoms with Crippen molar-refractivity contribution in [2.24, 2.45) is 0 Å². The van der Waals surface area contributed by atoms with Crippen LogP contribution >= 0.6 is 0 Å². The standard InChI is InChI=1S/C28H22N2/c1-2-26-29-25-15-9-14-24(22-12-7-4-8-13-22)27(25)28(30-26)23-18-16-21(17-19-23)20-10-5-3-6-11-20/h3-19H,2H2,1H3. The molecule has 0 atom stereocenters. The molecule has 5 rings (SSSR count). The average molecular weight is 386 g/mol. The van der Waals surface area contributed by atoms with E-state index in [-0.39, 0.29) is 0 Å². The Morgan fingerprint density at radius 3 is 1.80 bits per heavy atom. The molecule has 0 bridgehead atoms. The van der Waals surface area contributed by atoms with E-state index in [9.17, 15) is 0 Å². The van der Waals surface area contributed by atoms with Crippen molar-refractivity contribution >= 4 is 10.9 Å². The lowest BCUT2D eigenvalue weighted by molar-refractivity contribution is 0.964. The van der Waals surface area contributed by atoms with Crippen LogP contribution in [0.2, 0.25) is 0 Å². The van der Waals surface area contributed by atoms with E-state index in [1.54, 1.807) is 0 Å². The van der Waals surface area contributed by atoms with Gasteiger partial charge < -0.3 is 0 Å². The smallest absolute Gasteiger partial charge is 0.129 e. The first-order valence-corrected chi connectivity index (χ1v) is 10.3. The molecule has 0 radical (unpaired) electrons. The quantitative estimate of drug-likeness (QED) is 0.326. The van der Waals surface area contributed by atoms with Crippen molar-refractivity contribution in [2.75, 3.05) is 0 Å². The Balaban J connectivity index is 1.72. The zero-order valence-corrected chi connectivity index (χ0v) is 16.9. The minimum atomic E-state index is 0.806. The van der Waals surface area contributed by atoms with Gasteiger partial charge in [0.25, 0.3) is 0 Å². The lowest BCUT2D eigenvalue weighted by Crippen LogP contribution is -1.98. The summed E-state index contributed by atoms with van der Waals surface area (Å²) in [6.07, 6.45) is 0.806. The van der Waals surface area contributed by atoms with Crippen molar-refractivity contribution in [3.05, 3.63) is 109 Å². The minimum Gasteiger partial charge on any atom is -0.233 e. The van der Waals surface area contributed by atoms with Gasteiger partial charge in [-0.1, -0.05) is 104 Å². The van der Waals surface area contributed by atoms with E-state index in [1.165, 1.54) is 16.7 Å². The molecular weight excluding hydrogens is 364 g/mol. The first-order valence-electron chi connectivity index (χ1n) is 10.3. The molecule has 0 unspecified atom stereocenters. The third-order valence-electron chi connectivity index (χ3n) is 5.44. The predicted octanol–water partition coefficient (Wildman–Crippen LogP) is 7.19. The molecule has 1 heterocycles. The minimum absolute atomic E-state index is 0.806. The number of hydrogen-bond donors (Lipinski definition) is 0. The summed E-state index contributed by atoms with van der Waals surface area (Å²) in [6, 6.07) is 36.0. The molecule has 5 aromatic rings. The van der Waals surface area contributed by atoms with E-state index >= 15 is 0 Å². The van der Waals surface area contributed by atoms with Crippen LogP contribution in [0.3, 0.4) is 0 Å². The summed E-state index contributed by atoms with van der Waals surface area (Å²) in [5, 5.41) is 1.10. The van der Waals surface area contributed by atoms with Gasteiger partial charge in [-0.25, -0.2) is 9.97 Å². The molecule has 0 saturated carbocycles. The van der Waals surface area contributed by atoms with Gasteiger partial charge in [-0.3, -0.25) is 0 Å². The van der Waals surface area contributed by atoms with Gasteiger partial charge in [-0.2, -0.15) is 0 Å². The van der Waals surface area contributed by atoms with Crippen LogP contribution in [0.4, 0.5) is 0 Å². The van der Waals surface area contributed by atoms with Crippen molar-refractivity contribution in [1.29, 1.82) is 0 Å². The Bertz CT molecular complexity index is 1290. The van der Waals surface area contributed by atoms with Crippen molar-refractivity contribution in [3.63, 3.8) is 0 Å². The predicted molar refractivity (Wildman–Crippen MR) is 125 cm³/mol. The van der Waals surface area contributed by atoms with Crippen molar-refractivity contribution in [2.45, 2.75) is 13.3 Å². The number of aryl methyl sites for hydroxylation is 1. The normalized spacial score (nSPS) is 11.0. The van der Waals surface area contributed by atoms with E-state index in [4.69, 9.17) is 9.97 Å². The molecule has 144 valence electrons. The monoisotopic (exact) mass is 386 g/mol. The molecule has 0 aliphatic heterocycles. The van der Waals surface area contributed by atoms with Gasteiger partial charge in [0.1, 0.15) is 5.82 Å². The number of hydrogen-bond acceptors (Lipinski definition) is 2. The molecule has 0 aliphatic rings. The topological polar surface area (TPSA) is 25.8 Å². The highest BCUT2D eigenvalue weighted by Gasteiger charge is 2.14. The lowest BCUT2D eigenvalue weighted by Gasteiger charge is -2.13. The van der Waals surface area contributed by atoms with Gasteiger partial charge in [-0.15, -0.1) is 0 Å². The molecule has 0 amide bonds. The summed E-state index contributed by atoms with van der Waals surface area (Å²) in [4.78, 5) is 9.79. The Morgan fingerprint density at radius 2 is 1.13 bits per heavy atom. The second-order valence-electron chi connectivity index (χ2n) is 7.35. The molecule has 0 saturated heterocycles. The average Bonchev–Trinajstić information content (AvgIpc) is 2.84. The molecule has 0 spiro atoms. The Kier molecular flexibility index (Phi) is 4.82. The van der Waals surface area contributed by atoms with Gasteiger partial charge >= 0.3 is 0 Å². The van der Waals surface area contributed by atoms with Crippen LogP contribution in [-0.2, 0) is 6.42 Å². The van der Waals surface area contributed by atoms with Crippen LogP contribution in [0.15, 0.2) is 103 Å². The number of aromatic nitrogens is 2. The summed E-state index contributed by atoms with van der Waals surface area (Å²) in [5.41, 5.74) is 7.87. The van der Waals surface area contributed by atoms with Crippen LogP contribution in [0.5, 0.6) is 0 Å². The fourth-order valence-electron chi connectivity index (χ4n) is 3.91. The number of nitrogens with zero attached hydrogens (tertiary/aromatic N) is 2. The molecule has 1 aromatic heterocycles. The third kappa shape index (κ3) is 3.37. The fourth-order valence-corrected chi connectivity index (χ4v) is 3.91. The Labute approximate surface area is 176 Å². The number of fused-ring (bicyclic) bond motifs is 1. The van der Waals surface area contributed by atoms with Gasteiger partial charge in [0.15, 0.2) is 0 Å². The summed E-state index contributed by atoms with van der Waals surface area (Å²) in [5.74, 6) is 0.870. The molecule has 30 heavy (non-hydrogen) atoms. The van der Waals surface area contributed by atoms with E-state index in [2.05, 4.69) is 97.9 Å². The molecule has 0 fully saturated rings. The summed E-state index contributed by atoms with van der Waals surface area (Å²) in [7, 11) is 0. The lowest BCUT2D eigenvalue weighted by atomic mass is 9.95. The maximum Gasteiger partial charge on any atom is 0.129 e. The largest absolute Gasteiger partial charge is 0.233 e. The Morgan fingerprint density at radius 1 is 0.533 bits per heavy atom. The molecule has 4 aromatic carbocycles. The zero-order chi connectivity index (χ0) is 20.3. The maximum atomic E-state index is 4.97. The van der Waals surface area contributed by atoms with Crippen LogP contribution in [0.25, 0.3) is 44.4 Å². The molecule has 2 heteroatoms. The van der Waals surface area contributed by atoms with E-state index in [0.717, 1.165) is 40.0 Å². The zero-order valence-electron chi connectivity index (χ0n) is 16.9. The van der Waals surface area contributed by atoms with Crippen LogP contribution < -0.4 is 0 Å². The number of rotatable bonds is 4. The Hall–Kier alpha value is -3.78. The fraction of sp³-hybridized carbons (Fsp3) is 0.0714. The first-order chi connectivity index (χ1) is 14.8. The van der Waals surface area contributed by atoms with Crippen LogP contribution in [0, 0.1) is 0 Å². The molecule has 2 nitrogen and oxygen atoms in total. The molecule has 0 aliphatic carbocycles. The number of benzene rings is 4. The van der Waals surface area contributed by atoms with E-state index in [0.29, 0.717) is 0 Å². The summed E-state index contributed by atoms with van der Waals surface area (Å²) < 4.78 is 0. The van der Waals surface area contributed by atoms with Crippen molar-refractivity contribution in [3.8, 4) is 33.5 Å². The summed E-state index contributed by atoms with van der Waals surface area (Å²) >= 11 is 0.